The molecule has 1 aliphatic heterocycles. The van der Waals surface area contributed by atoms with E-state index in [4.69, 9.17) is 9.47 Å². The molecule has 2 atom stereocenters. The van der Waals surface area contributed by atoms with Crippen LogP contribution in [0.5, 0.6) is 0 Å². The van der Waals surface area contributed by atoms with Gasteiger partial charge in [0.1, 0.15) is 0 Å². The van der Waals surface area contributed by atoms with E-state index in [1.807, 2.05) is 18.7 Å². The number of carbonyl (C=O) groups is 1. The largest absolute Gasteiger partial charge is 0.380 e. The van der Waals surface area contributed by atoms with E-state index in [0.717, 1.165) is 13.1 Å². The minimum Gasteiger partial charge on any atom is -0.380 e. The van der Waals surface area contributed by atoms with Gasteiger partial charge in [-0.1, -0.05) is 6.92 Å². The second-order valence-electron chi connectivity index (χ2n) is 4.96. The lowest BCUT2D eigenvalue weighted by Crippen LogP contribution is -2.42. The summed E-state index contributed by atoms with van der Waals surface area (Å²) in [6.45, 7) is 11.7. The molecule has 0 aromatic carbocycles. The number of carbonyl (C=O) groups excluding carboxylic acids is 1. The SMILES string of the molecule is CCOCCN(CCOCC)C(=O)[C@@H]1CNC[C@H]1C. The zero-order chi connectivity index (χ0) is 14.1. The molecule has 1 aliphatic rings. The van der Waals surface area contributed by atoms with Gasteiger partial charge in [0.05, 0.1) is 19.1 Å². The van der Waals surface area contributed by atoms with Crippen molar-refractivity contribution in [1.82, 2.24) is 10.2 Å². The summed E-state index contributed by atoms with van der Waals surface area (Å²) >= 11 is 0. The summed E-state index contributed by atoms with van der Waals surface area (Å²) in [7, 11) is 0. The molecule has 1 fully saturated rings. The maximum Gasteiger partial charge on any atom is 0.227 e. The molecule has 0 saturated carbocycles. The second kappa shape index (κ2) is 9.28. The zero-order valence-corrected chi connectivity index (χ0v) is 12.5. The van der Waals surface area contributed by atoms with Crippen LogP contribution in [0.4, 0.5) is 0 Å². The Morgan fingerprint density at radius 1 is 1.16 bits per heavy atom. The van der Waals surface area contributed by atoms with Crippen LogP contribution < -0.4 is 5.32 Å². The van der Waals surface area contributed by atoms with E-state index in [9.17, 15) is 4.79 Å². The number of rotatable bonds is 9. The number of ether oxygens (including phenoxy) is 2. The van der Waals surface area contributed by atoms with Gasteiger partial charge >= 0.3 is 0 Å². The maximum absolute atomic E-state index is 12.5. The third kappa shape index (κ3) is 5.47. The quantitative estimate of drug-likeness (QED) is 0.629. The first-order valence-corrected chi connectivity index (χ1v) is 7.35. The van der Waals surface area contributed by atoms with Crippen molar-refractivity contribution in [3.05, 3.63) is 0 Å². The normalized spacial score (nSPS) is 22.7. The molecule has 19 heavy (non-hydrogen) atoms. The highest BCUT2D eigenvalue weighted by Gasteiger charge is 2.32. The van der Waals surface area contributed by atoms with Crippen LogP contribution >= 0.6 is 0 Å². The Bertz CT molecular complexity index is 251. The molecule has 5 heteroatoms. The molecule has 0 aromatic heterocycles. The van der Waals surface area contributed by atoms with Crippen LogP contribution in [-0.4, -0.2) is 63.4 Å². The van der Waals surface area contributed by atoms with Gasteiger partial charge in [-0.2, -0.15) is 0 Å². The molecular weight excluding hydrogens is 244 g/mol. The van der Waals surface area contributed by atoms with E-state index < -0.39 is 0 Å². The lowest BCUT2D eigenvalue weighted by atomic mass is 9.96. The van der Waals surface area contributed by atoms with E-state index in [1.165, 1.54) is 0 Å². The molecule has 112 valence electrons. The van der Waals surface area contributed by atoms with Crippen LogP contribution in [0.15, 0.2) is 0 Å². The fourth-order valence-electron chi connectivity index (χ4n) is 2.35. The highest BCUT2D eigenvalue weighted by atomic mass is 16.5. The Labute approximate surface area is 116 Å². The van der Waals surface area contributed by atoms with Gasteiger partial charge in [0.25, 0.3) is 0 Å². The van der Waals surface area contributed by atoms with Crippen LogP contribution in [0.3, 0.4) is 0 Å². The minimum atomic E-state index is 0.100. The van der Waals surface area contributed by atoms with Crippen molar-refractivity contribution < 1.29 is 14.3 Å². The van der Waals surface area contributed by atoms with Crippen molar-refractivity contribution >= 4 is 5.91 Å². The van der Waals surface area contributed by atoms with Crippen molar-refractivity contribution in [3.8, 4) is 0 Å². The van der Waals surface area contributed by atoms with E-state index in [0.29, 0.717) is 45.4 Å². The fraction of sp³-hybridized carbons (Fsp3) is 0.929. The molecule has 0 spiro atoms. The van der Waals surface area contributed by atoms with Crippen LogP contribution in [0, 0.1) is 11.8 Å². The lowest BCUT2D eigenvalue weighted by molar-refractivity contribution is -0.137. The van der Waals surface area contributed by atoms with Gasteiger partial charge in [-0.15, -0.1) is 0 Å². The monoisotopic (exact) mass is 272 g/mol. The Morgan fingerprint density at radius 2 is 1.74 bits per heavy atom. The van der Waals surface area contributed by atoms with Crippen LogP contribution in [0.1, 0.15) is 20.8 Å². The summed E-state index contributed by atoms with van der Waals surface area (Å²) in [4.78, 5) is 14.4. The molecule has 1 amide bonds. The first kappa shape index (κ1) is 16.4. The zero-order valence-electron chi connectivity index (χ0n) is 12.5. The van der Waals surface area contributed by atoms with E-state index in [-0.39, 0.29) is 11.8 Å². The summed E-state index contributed by atoms with van der Waals surface area (Å²) in [5, 5.41) is 3.28. The molecule has 1 rings (SSSR count). The smallest absolute Gasteiger partial charge is 0.227 e. The average Bonchev–Trinajstić information content (AvgIpc) is 2.83. The lowest BCUT2D eigenvalue weighted by Gasteiger charge is -2.26. The molecule has 1 saturated heterocycles. The Kier molecular flexibility index (Phi) is 8.02. The third-order valence-corrected chi connectivity index (χ3v) is 3.57. The molecule has 5 nitrogen and oxygen atoms in total. The second-order valence-corrected chi connectivity index (χ2v) is 4.96. The number of nitrogens with zero attached hydrogens (tertiary/aromatic N) is 1. The van der Waals surface area contributed by atoms with Crippen molar-refractivity contribution in [3.63, 3.8) is 0 Å². The van der Waals surface area contributed by atoms with Gasteiger partial charge in [-0.3, -0.25) is 4.79 Å². The Morgan fingerprint density at radius 3 is 2.16 bits per heavy atom. The van der Waals surface area contributed by atoms with Gasteiger partial charge in [0.2, 0.25) is 5.91 Å². The van der Waals surface area contributed by atoms with Crippen molar-refractivity contribution in [2.24, 2.45) is 11.8 Å². The highest BCUT2D eigenvalue weighted by molar-refractivity contribution is 5.79. The van der Waals surface area contributed by atoms with Crippen molar-refractivity contribution in [1.29, 1.82) is 0 Å². The Balaban J connectivity index is 2.47. The first-order chi connectivity index (χ1) is 9.20. The summed E-state index contributed by atoms with van der Waals surface area (Å²) < 4.78 is 10.7. The first-order valence-electron chi connectivity index (χ1n) is 7.35. The Hall–Kier alpha value is -0.650. The van der Waals surface area contributed by atoms with E-state index in [1.54, 1.807) is 0 Å². The minimum absolute atomic E-state index is 0.100. The van der Waals surface area contributed by atoms with Gasteiger partial charge in [-0.05, 0) is 26.3 Å². The van der Waals surface area contributed by atoms with Gasteiger partial charge in [0.15, 0.2) is 0 Å². The van der Waals surface area contributed by atoms with Crippen LogP contribution in [0.2, 0.25) is 0 Å². The molecule has 1 heterocycles. The molecule has 1 N–H and O–H groups in total. The van der Waals surface area contributed by atoms with Crippen molar-refractivity contribution in [2.45, 2.75) is 20.8 Å². The van der Waals surface area contributed by atoms with Crippen molar-refractivity contribution in [2.75, 3.05) is 52.6 Å². The van der Waals surface area contributed by atoms with Crippen LogP contribution in [0.25, 0.3) is 0 Å². The molecule has 0 aromatic rings. The van der Waals surface area contributed by atoms with Gasteiger partial charge < -0.3 is 19.7 Å². The topological polar surface area (TPSA) is 50.8 Å². The summed E-state index contributed by atoms with van der Waals surface area (Å²) in [6.07, 6.45) is 0. The summed E-state index contributed by atoms with van der Waals surface area (Å²) in [5.74, 6) is 0.745. The predicted molar refractivity (Wildman–Crippen MR) is 75.1 cm³/mol. The number of amides is 1. The highest BCUT2D eigenvalue weighted by Crippen LogP contribution is 2.18. The fourth-order valence-corrected chi connectivity index (χ4v) is 2.35. The number of hydrogen-bond acceptors (Lipinski definition) is 4. The van der Waals surface area contributed by atoms with E-state index in [2.05, 4.69) is 12.2 Å². The molecule has 0 aliphatic carbocycles. The molecule has 0 radical (unpaired) electrons. The van der Waals surface area contributed by atoms with Gasteiger partial charge in [0, 0.05) is 32.8 Å². The third-order valence-electron chi connectivity index (χ3n) is 3.57. The summed E-state index contributed by atoms with van der Waals surface area (Å²) in [5.41, 5.74) is 0. The van der Waals surface area contributed by atoms with Gasteiger partial charge in [-0.25, -0.2) is 0 Å². The molecule has 0 unspecified atom stereocenters. The molecular formula is C14H28N2O3. The summed E-state index contributed by atoms with van der Waals surface area (Å²) in [6, 6.07) is 0. The van der Waals surface area contributed by atoms with E-state index >= 15 is 0 Å². The van der Waals surface area contributed by atoms with Crippen LogP contribution in [-0.2, 0) is 14.3 Å². The number of nitrogens with one attached hydrogen (secondary N) is 1. The molecule has 0 bridgehead atoms. The predicted octanol–water partition coefficient (Wildman–Crippen LogP) is 0.744. The number of hydrogen-bond donors (Lipinski definition) is 1. The average molecular weight is 272 g/mol. The standard InChI is InChI=1S/C14H28N2O3/c1-4-18-8-6-16(7-9-19-5-2)14(17)13-11-15-10-12(13)3/h12-13,15H,4-11H2,1-3H3/t12-,13-/m1/s1. The maximum atomic E-state index is 12.5.